The summed E-state index contributed by atoms with van der Waals surface area (Å²) in [6.45, 7) is 0.0373. The van der Waals surface area contributed by atoms with Gasteiger partial charge in [0.05, 0.1) is 23.6 Å². The number of nitrogens with zero attached hydrogens (tertiary/aromatic N) is 2. The van der Waals surface area contributed by atoms with E-state index in [9.17, 15) is 26.4 Å². The van der Waals surface area contributed by atoms with Crippen molar-refractivity contribution >= 4 is 10.0 Å². The van der Waals surface area contributed by atoms with Crippen molar-refractivity contribution in [2.45, 2.75) is 37.2 Å². The van der Waals surface area contributed by atoms with Gasteiger partial charge in [0.25, 0.3) is 5.56 Å². The molecule has 2 aromatic rings. The Morgan fingerprint density at radius 3 is 2.37 bits per heavy atom. The average molecular weight is 401 g/mol. The minimum absolute atomic E-state index is 0.0377. The summed E-state index contributed by atoms with van der Waals surface area (Å²) in [6, 6.07) is 7.05. The van der Waals surface area contributed by atoms with Crippen molar-refractivity contribution in [3.63, 3.8) is 0 Å². The Labute approximate surface area is 154 Å². The fraction of sp³-hybridized carbons (Fsp3) is 0.412. The Bertz CT molecular complexity index is 965. The Balaban J connectivity index is 1.57. The molecule has 10 heteroatoms. The number of halogens is 3. The van der Waals surface area contributed by atoms with E-state index in [0.717, 1.165) is 42.8 Å². The number of nitrogens with one attached hydrogen (secondary N) is 1. The molecule has 1 N–H and O–H groups in total. The molecular weight excluding hydrogens is 383 g/mol. The van der Waals surface area contributed by atoms with Crippen molar-refractivity contribution in [3.8, 4) is 0 Å². The van der Waals surface area contributed by atoms with Crippen LogP contribution in [0.15, 0.2) is 41.2 Å². The molecule has 1 aliphatic carbocycles. The summed E-state index contributed by atoms with van der Waals surface area (Å²) < 4.78 is 65.4. The first-order valence-corrected chi connectivity index (χ1v) is 10.0. The molecule has 0 spiro atoms. The quantitative estimate of drug-likeness (QED) is 0.772. The maximum Gasteiger partial charge on any atom is 0.416 e. The molecule has 0 saturated heterocycles. The van der Waals surface area contributed by atoms with Gasteiger partial charge >= 0.3 is 6.18 Å². The minimum Gasteiger partial charge on any atom is -0.268 e. The van der Waals surface area contributed by atoms with Gasteiger partial charge in [-0.2, -0.15) is 18.3 Å². The zero-order valence-corrected chi connectivity index (χ0v) is 15.1. The molecule has 1 heterocycles. The first kappa shape index (κ1) is 19.6. The van der Waals surface area contributed by atoms with E-state index in [4.69, 9.17) is 0 Å². The van der Waals surface area contributed by atoms with Crippen molar-refractivity contribution in [3.05, 3.63) is 63.6 Å². The lowest BCUT2D eigenvalue weighted by Crippen LogP contribution is -2.32. The van der Waals surface area contributed by atoms with Gasteiger partial charge in [-0.05, 0) is 36.6 Å². The second-order valence-electron chi connectivity index (χ2n) is 6.44. The van der Waals surface area contributed by atoms with Crippen LogP contribution in [0.5, 0.6) is 0 Å². The lowest BCUT2D eigenvalue weighted by molar-refractivity contribution is -0.137. The van der Waals surface area contributed by atoms with Crippen LogP contribution in [0.4, 0.5) is 13.2 Å². The molecule has 1 aliphatic rings. The standard InChI is InChI=1S/C17H18F3N3O3S/c18-17(19,20)14-5-1-12(2-6-14)11-27(25,26)21-9-10-23-16(24)8-7-15(22-23)13-3-4-13/h1-2,5-8,13,21H,3-4,9-11H2. The maximum absolute atomic E-state index is 12.5. The average Bonchev–Trinajstić information content (AvgIpc) is 3.41. The van der Waals surface area contributed by atoms with Gasteiger partial charge in [0.1, 0.15) is 0 Å². The Morgan fingerprint density at radius 1 is 1.11 bits per heavy atom. The van der Waals surface area contributed by atoms with Crippen LogP contribution in [0, 0.1) is 0 Å². The monoisotopic (exact) mass is 401 g/mol. The highest BCUT2D eigenvalue weighted by atomic mass is 32.2. The predicted molar refractivity (Wildman–Crippen MR) is 92.5 cm³/mol. The van der Waals surface area contributed by atoms with Gasteiger partial charge in [-0.25, -0.2) is 17.8 Å². The Morgan fingerprint density at radius 2 is 1.78 bits per heavy atom. The summed E-state index contributed by atoms with van der Waals surface area (Å²) in [5.41, 5.74) is -0.0947. The van der Waals surface area contributed by atoms with Gasteiger partial charge < -0.3 is 0 Å². The third-order valence-corrected chi connectivity index (χ3v) is 5.52. The minimum atomic E-state index is -4.47. The lowest BCUT2D eigenvalue weighted by atomic mass is 10.1. The Hall–Kier alpha value is -2.20. The van der Waals surface area contributed by atoms with Gasteiger partial charge in [-0.15, -0.1) is 0 Å². The second kappa shape index (κ2) is 7.43. The maximum atomic E-state index is 12.5. The first-order valence-electron chi connectivity index (χ1n) is 8.35. The van der Waals surface area contributed by atoms with Crippen LogP contribution in [0.3, 0.4) is 0 Å². The molecule has 0 radical (unpaired) electrons. The van der Waals surface area contributed by atoms with Crippen molar-refractivity contribution in [1.82, 2.24) is 14.5 Å². The molecule has 1 saturated carbocycles. The summed E-state index contributed by atoms with van der Waals surface area (Å²) >= 11 is 0. The first-order chi connectivity index (χ1) is 12.6. The molecule has 0 amide bonds. The van der Waals surface area contributed by atoms with Crippen molar-refractivity contribution in [2.24, 2.45) is 0 Å². The molecule has 0 aliphatic heterocycles. The number of rotatable bonds is 7. The zero-order chi connectivity index (χ0) is 19.7. The second-order valence-corrected chi connectivity index (χ2v) is 8.25. The van der Waals surface area contributed by atoms with Crippen LogP contribution in [0.2, 0.25) is 0 Å². The third-order valence-electron chi connectivity index (χ3n) is 4.17. The zero-order valence-electron chi connectivity index (χ0n) is 14.2. The van der Waals surface area contributed by atoms with E-state index in [2.05, 4.69) is 9.82 Å². The van der Waals surface area contributed by atoms with E-state index >= 15 is 0 Å². The van der Waals surface area contributed by atoms with E-state index in [-0.39, 0.29) is 24.2 Å². The molecule has 0 atom stereocenters. The summed E-state index contributed by atoms with van der Waals surface area (Å²) in [5.74, 6) is -0.0801. The van der Waals surface area contributed by atoms with Gasteiger partial charge in [-0.3, -0.25) is 4.79 Å². The number of sulfonamides is 1. The van der Waals surface area contributed by atoms with E-state index in [1.807, 2.05) is 0 Å². The molecule has 6 nitrogen and oxygen atoms in total. The number of benzene rings is 1. The molecule has 0 bridgehead atoms. The van der Waals surface area contributed by atoms with E-state index < -0.39 is 27.5 Å². The van der Waals surface area contributed by atoms with Crippen LogP contribution < -0.4 is 10.3 Å². The van der Waals surface area contributed by atoms with Gasteiger partial charge in [-0.1, -0.05) is 12.1 Å². The van der Waals surface area contributed by atoms with Crippen LogP contribution in [0.25, 0.3) is 0 Å². The smallest absolute Gasteiger partial charge is 0.268 e. The third kappa shape index (κ3) is 5.39. The molecule has 146 valence electrons. The fourth-order valence-corrected chi connectivity index (χ4v) is 3.72. The van der Waals surface area contributed by atoms with Crippen molar-refractivity contribution < 1.29 is 21.6 Å². The highest BCUT2D eigenvalue weighted by Crippen LogP contribution is 2.38. The van der Waals surface area contributed by atoms with E-state index in [1.54, 1.807) is 6.07 Å². The fourth-order valence-electron chi connectivity index (χ4n) is 2.59. The van der Waals surface area contributed by atoms with Crippen LogP contribution in [-0.2, 0) is 28.5 Å². The van der Waals surface area contributed by atoms with Crippen LogP contribution in [-0.4, -0.2) is 24.7 Å². The number of hydrogen-bond acceptors (Lipinski definition) is 4. The summed E-state index contributed by atoms with van der Waals surface area (Å²) in [5, 5.41) is 4.23. The molecule has 1 aromatic carbocycles. The topological polar surface area (TPSA) is 81.1 Å². The SMILES string of the molecule is O=c1ccc(C2CC2)nn1CCNS(=O)(=O)Cc1ccc(C(F)(F)F)cc1. The highest BCUT2D eigenvalue weighted by molar-refractivity contribution is 7.88. The summed E-state index contributed by atoms with van der Waals surface area (Å²) in [7, 11) is -3.75. The summed E-state index contributed by atoms with van der Waals surface area (Å²) in [4.78, 5) is 11.8. The number of hydrogen-bond donors (Lipinski definition) is 1. The van der Waals surface area contributed by atoms with Crippen LogP contribution in [0.1, 0.15) is 35.6 Å². The van der Waals surface area contributed by atoms with Crippen LogP contribution >= 0.6 is 0 Å². The van der Waals surface area contributed by atoms with Gasteiger partial charge in [0.15, 0.2) is 0 Å². The normalized spacial score (nSPS) is 15.1. The summed E-state index contributed by atoms with van der Waals surface area (Å²) in [6.07, 6.45) is -2.40. The molecule has 27 heavy (non-hydrogen) atoms. The Kier molecular flexibility index (Phi) is 5.38. The molecule has 3 rings (SSSR count). The van der Waals surface area contributed by atoms with Gasteiger partial charge in [0, 0.05) is 18.5 Å². The van der Waals surface area contributed by atoms with Gasteiger partial charge in [0.2, 0.25) is 10.0 Å². The largest absolute Gasteiger partial charge is 0.416 e. The molecular formula is C17H18F3N3O3S. The van der Waals surface area contributed by atoms with E-state index in [0.29, 0.717) is 5.92 Å². The molecule has 1 fully saturated rings. The number of alkyl halides is 3. The van der Waals surface area contributed by atoms with E-state index in [1.165, 1.54) is 10.7 Å². The highest BCUT2D eigenvalue weighted by Gasteiger charge is 2.30. The molecule has 0 unspecified atom stereocenters. The van der Waals surface area contributed by atoms with Crippen molar-refractivity contribution in [2.75, 3.05) is 6.54 Å². The molecule has 1 aromatic heterocycles. The number of aromatic nitrogens is 2. The predicted octanol–water partition coefficient (Wildman–Crippen LogP) is 2.26. The van der Waals surface area contributed by atoms with Crippen molar-refractivity contribution in [1.29, 1.82) is 0 Å². The lowest BCUT2D eigenvalue weighted by Gasteiger charge is -2.10.